The summed E-state index contributed by atoms with van der Waals surface area (Å²) in [4.78, 5) is 82.4. The van der Waals surface area contributed by atoms with E-state index in [0.29, 0.717) is 49.5 Å². The van der Waals surface area contributed by atoms with Crippen LogP contribution in [-0.4, -0.2) is 97.3 Å². The largest absolute Gasteiger partial charge is 0.458 e. The van der Waals surface area contributed by atoms with Gasteiger partial charge in [0, 0.05) is 44.7 Å². The van der Waals surface area contributed by atoms with Crippen LogP contribution in [0, 0.1) is 20.2 Å². The third kappa shape index (κ3) is 15.9. The maximum Gasteiger partial charge on any atom is 0.329 e. The van der Waals surface area contributed by atoms with Gasteiger partial charge in [-0.05, 0) is 105 Å². The highest BCUT2D eigenvalue weighted by Crippen LogP contribution is 2.28. The summed E-state index contributed by atoms with van der Waals surface area (Å²) in [5.74, 6) is -0.583. The highest BCUT2D eigenvalue weighted by molar-refractivity contribution is 5.81. The first-order chi connectivity index (χ1) is 30.1. The number of carbonyl (C=O) groups is 2. The van der Waals surface area contributed by atoms with Gasteiger partial charge in [-0.1, -0.05) is 24.3 Å². The first-order valence-electron chi connectivity index (χ1n) is 20.6. The van der Waals surface area contributed by atoms with Gasteiger partial charge >= 0.3 is 23.3 Å². The number of anilines is 5. The molecule has 0 radical (unpaired) electrons. The molecule has 0 saturated heterocycles. The molecule has 0 fully saturated rings. The van der Waals surface area contributed by atoms with Crippen LogP contribution in [0.25, 0.3) is 0 Å². The van der Waals surface area contributed by atoms with Gasteiger partial charge in [0.05, 0.1) is 15.5 Å². The van der Waals surface area contributed by atoms with E-state index in [9.17, 15) is 34.6 Å². The van der Waals surface area contributed by atoms with Crippen LogP contribution in [0.2, 0.25) is 0 Å². The Labute approximate surface area is 372 Å². The van der Waals surface area contributed by atoms with Crippen molar-refractivity contribution in [2.24, 2.45) is 4.99 Å². The van der Waals surface area contributed by atoms with Gasteiger partial charge < -0.3 is 35.6 Å². The Morgan fingerprint density at radius 2 is 1.06 bits per heavy atom. The predicted octanol–water partition coefficient (Wildman–Crippen LogP) is 6.74. The molecule has 21 nitrogen and oxygen atoms in total. The van der Waals surface area contributed by atoms with Gasteiger partial charge in [0.2, 0.25) is 29.6 Å². The van der Waals surface area contributed by atoms with Gasteiger partial charge in [-0.25, -0.2) is 24.4 Å². The first-order valence-corrected chi connectivity index (χ1v) is 20.6. The molecular formula is C43H58N12O9. The minimum Gasteiger partial charge on any atom is -0.458 e. The van der Waals surface area contributed by atoms with Crippen LogP contribution in [0.15, 0.2) is 65.9 Å². The maximum atomic E-state index is 13.0. The lowest BCUT2D eigenvalue weighted by Crippen LogP contribution is -2.38. The number of nitrogen functional groups attached to an aromatic ring is 1. The van der Waals surface area contributed by atoms with E-state index in [1.54, 1.807) is 90.1 Å². The molecule has 4 N–H and O–H groups in total. The number of nitrogens with zero attached hydrogens (tertiary/aromatic N) is 9. The number of nitrogens with one attached hydrogen (secondary N) is 2. The third-order valence-corrected chi connectivity index (χ3v) is 8.97. The molecule has 2 aromatic carbocycles. The number of isocyanates is 1. The van der Waals surface area contributed by atoms with Crippen molar-refractivity contribution in [3.8, 4) is 0 Å². The highest BCUT2D eigenvalue weighted by atomic mass is 16.6. The van der Waals surface area contributed by atoms with Gasteiger partial charge in [0.25, 0.3) is 0 Å². The number of carbonyl (C=O) groups excluding carboxylic acids is 3. The molecule has 0 aliphatic rings. The summed E-state index contributed by atoms with van der Waals surface area (Å²) < 4.78 is 11.1. The Hall–Kier alpha value is -7.28. The second-order valence-corrected chi connectivity index (χ2v) is 16.1. The molecule has 0 bridgehead atoms. The van der Waals surface area contributed by atoms with E-state index in [1.165, 1.54) is 6.08 Å². The molecule has 4 aromatic rings. The van der Waals surface area contributed by atoms with Crippen LogP contribution >= 0.6 is 0 Å². The average molecular weight is 887 g/mol. The molecule has 0 aliphatic heterocycles. The van der Waals surface area contributed by atoms with Gasteiger partial charge in [-0.15, -0.1) is 0 Å². The Bertz CT molecular complexity index is 2250. The molecule has 64 heavy (non-hydrogen) atoms. The Morgan fingerprint density at radius 1 is 0.703 bits per heavy atom. The number of aliphatic imine (C=N–C) groups is 1. The normalized spacial score (nSPS) is 12.0. The van der Waals surface area contributed by atoms with Crippen LogP contribution in [0.1, 0.15) is 80.4 Å². The van der Waals surface area contributed by atoms with E-state index < -0.39 is 45.1 Å². The molecule has 21 heteroatoms. The number of ether oxygens (including phenoxy) is 2. The number of benzene rings is 2. The summed E-state index contributed by atoms with van der Waals surface area (Å²) in [7, 11) is 0. The van der Waals surface area contributed by atoms with Crippen LogP contribution < -0.4 is 26.2 Å². The number of hydrogen-bond acceptors (Lipinski definition) is 19. The summed E-state index contributed by atoms with van der Waals surface area (Å²) in [6.45, 7) is 20.7. The van der Waals surface area contributed by atoms with Crippen LogP contribution in [0.4, 0.5) is 46.3 Å². The lowest BCUT2D eigenvalue weighted by atomic mass is 10.0. The van der Waals surface area contributed by atoms with Crippen molar-refractivity contribution in [1.82, 2.24) is 19.9 Å². The average Bonchev–Trinajstić information content (AvgIpc) is 3.22. The van der Waals surface area contributed by atoms with Crippen molar-refractivity contribution in [2.45, 2.75) is 105 Å². The molecule has 0 saturated carbocycles. The number of esters is 2. The summed E-state index contributed by atoms with van der Waals surface area (Å²) in [5, 5.41) is 29.0. The van der Waals surface area contributed by atoms with Gasteiger partial charge in [-0.2, -0.15) is 15.0 Å². The number of rotatable bonds is 19. The van der Waals surface area contributed by atoms with Gasteiger partial charge in [-0.3, -0.25) is 20.2 Å². The summed E-state index contributed by atoms with van der Waals surface area (Å²) in [5.41, 5.74) is 6.16. The number of nitrogens with two attached hydrogens (primary N) is 1. The van der Waals surface area contributed by atoms with E-state index in [0.717, 1.165) is 23.5 Å². The number of nitro groups is 2. The van der Waals surface area contributed by atoms with Crippen LogP contribution in [0.5, 0.6) is 0 Å². The fourth-order valence-electron chi connectivity index (χ4n) is 5.88. The van der Waals surface area contributed by atoms with E-state index in [2.05, 4.69) is 35.6 Å². The molecule has 2 atom stereocenters. The Morgan fingerprint density at radius 3 is 1.38 bits per heavy atom. The molecule has 0 amide bonds. The molecule has 0 aliphatic carbocycles. The fraction of sp³-hybridized carbons (Fsp3) is 0.465. The van der Waals surface area contributed by atoms with Crippen molar-refractivity contribution in [3.63, 3.8) is 0 Å². The summed E-state index contributed by atoms with van der Waals surface area (Å²) in [6, 6.07) is 11.8. The lowest BCUT2D eigenvalue weighted by molar-refractivity contribution is -0.384. The van der Waals surface area contributed by atoms with E-state index in [-0.39, 0.29) is 35.9 Å². The van der Waals surface area contributed by atoms with Crippen molar-refractivity contribution in [1.29, 1.82) is 0 Å². The monoisotopic (exact) mass is 886 g/mol. The van der Waals surface area contributed by atoms with E-state index >= 15 is 0 Å². The summed E-state index contributed by atoms with van der Waals surface area (Å²) >= 11 is 0. The Kier molecular flexibility index (Phi) is 18.5. The van der Waals surface area contributed by atoms with Crippen molar-refractivity contribution in [2.75, 3.05) is 52.3 Å². The minimum absolute atomic E-state index is 0.0341. The highest BCUT2D eigenvalue weighted by Gasteiger charge is 2.31. The quantitative estimate of drug-likeness (QED) is 0.0219. The molecule has 0 unspecified atom stereocenters. The van der Waals surface area contributed by atoms with Crippen molar-refractivity contribution >= 4 is 64.3 Å². The predicted molar refractivity (Wildman–Crippen MR) is 243 cm³/mol. The zero-order valence-electron chi connectivity index (χ0n) is 37.9. The molecular weight excluding hydrogens is 829 g/mol. The second-order valence-electron chi connectivity index (χ2n) is 16.1. The maximum absolute atomic E-state index is 13.0. The molecule has 2 aromatic heterocycles. The standard InChI is InChI=1S/C22H28N6O5.C21H30N6O4/c1-6-27(7-2)21-23-13-18(28(31)32)19(26-21)25-17(20(30)33-22(3,4)5)12-15-8-10-16(11-9-15)24-14-29;1-6-26(7-2)20-23-13-17(27(29)30)18(25-20)24-16(19(28)31-21(3,4)5)12-14-8-10-15(22)11-9-14/h8-11,13,17H,6-7,12H2,1-5H3,(H,23,25,26);8-11,13,16H,6-7,12,22H2,1-5H3,(H,23,24,25)/t17-;16-/m00/s1. The topological polar surface area (TPSA) is 276 Å². The van der Waals surface area contributed by atoms with E-state index in [4.69, 9.17) is 15.2 Å². The van der Waals surface area contributed by atoms with Gasteiger partial charge in [0.15, 0.2) is 0 Å². The van der Waals surface area contributed by atoms with E-state index in [1.807, 2.05) is 37.5 Å². The van der Waals surface area contributed by atoms with Crippen LogP contribution in [0.3, 0.4) is 0 Å². The SMILES string of the molecule is CCN(CC)c1ncc([N+](=O)[O-])c(N[C@@H](Cc2ccc(N)cc2)C(=O)OC(C)(C)C)n1.CCN(CC)c1ncc([N+](=O)[O-])c(N[C@@H](Cc2ccc(N=C=O)cc2)C(=O)OC(C)(C)C)n1. The zero-order chi connectivity index (χ0) is 47.8. The minimum atomic E-state index is -0.970. The summed E-state index contributed by atoms with van der Waals surface area (Å²) in [6.07, 6.45) is 4.13. The first kappa shape index (κ1) is 51.1. The fourth-order valence-corrected chi connectivity index (χ4v) is 5.88. The number of aromatic nitrogens is 4. The number of hydrogen-bond donors (Lipinski definition) is 3. The smallest absolute Gasteiger partial charge is 0.329 e. The lowest BCUT2D eigenvalue weighted by Gasteiger charge is -2.25. The zero-order valence-corrected chi connectivity index (χ0v) is 37.9. The molecule has 2 heterocycles. The van der Waals surface area contributed by atoms with Crippen molar-refractivity contribution < 1.29 is 33.7 Å². The van der Waals surface area contributed by atoms with Gasteiger partial charge in [0.1, 0.15) is 35.7 Å². The molecule has 0 spiro atoms. The van der Waals surface area contributed by atoms with Crippen LogP contribution in [-0.2, 0) is 36.7 Å². The third-order valence-electron chi connectivity index (χ3n) is 8.97. The Balaban J connectivity index is 0.000000341. The molecule has 344 valence electrons. The molecule has 4 rings (SSSR count). The second kappa shape index (κ2) is 23.2. The van der Waals surface area contributed by atoms with Crippen molar-refractivity contribution in [3.05, 3.63) is 92.3 Å².